The van der Waals surface area contributed by atoms with Gasteiger partial charge in [0.1, 0.15) is 5.82 Å². The zero-order valence-electron chi connectivity index (χ0n) is 35.0. The maximum absolute atomic E-state index is 5.40. The first kappa shape index (κ1) is 35.1. The van der Waals surface area contributed by atoms with Crippen molar-refractivity contribution in [2.45, 2.75) is 38.5 Å². The summed E-state index contributed by atoms with van der Waals surface area (Å²) in [4.78, 5) is 10.8. The Bertz CT molecular complexity index is 3680. The molecule has 62 heavy (non-hydrogen) atoms. The van der Waals surface area contributed by atoms with Crippen LogP contribution in [0.1, 0.15) is 49.9 Å². The summed E-state index contributed by atoms with van der Waals surface area (Å²) in [6, 6.07) is 68.4. The van der Waals surface area contributed by atoms with Crippen LogP contribution >= 0.6 is 0 Å². The molecular weight excluding hydrogens is 753 g/mol. The summed E-state index contributed by atoms with van der Waals surface area (Å²) in [6.07, 6.45) is 0. The van der Waals surface area contributed by atoms with E-state index in [2.05, 4.69) is 207 Å². The molecule has 0 aliphatic heterocycles. The Kier molecular flexibility index (Phi) is 7.02. The van der Waals surface area contributed by atoms with Crippen LogP contribution in [-0.2, 0) is 10.8 Å². The lowest BCUT2D eigenvalue weighted by molar-refractivity contribution is 0.661. The van der Waals surface area contributed by atoms with E-state index in [1.54, 1.807) is 0 Å². The highest BCUT2D eigenvalue weighted by atomic mass is 15.1. The first-order valence-corrected chi connectivity index (χ1v) is 21.5. The monoisotopic (exact) mass is 792 g/mol. The molecule has 0 spiro atoms. The molecule has 11 aromatic rings. The molecule has 0 unspecified atom stereocenters. The van der Waals surface area contributed by atoms with Crippen LogP contribution < -0.4 is 0 Å². The maximum atomic E-state index is 5.40. The van der Waals surface area contributed by atoms with Gasteiger partial charge in [0.2, 0.25) is 0 Å². The largest absolute Gasteiger partial charge is 0.309 e. The van der Waals surface area contributed by atoms with E-state index in [1.807, 2.05) is 12.1 Å². The van der Waals surface area contributed by atoms with E-state index >= 15 is 0 Å². The van der Waals surface area contributed by atoms with E-state index in [-0.39, 0.29) is 10.8 Å². The predicted molar refractivity (Wildman–Crippen MR) is 254 cm³/mol. The number of hydrogen-bond donors (Lipinski definition) is 0. The minimum absolute atomic E-state index is 0.114. The van der Waals surface area contributed by atoms with Crippen LogP contribution in [0.2, 0.25) is 0 Å². The lowest BCUT2D eigenvalue weighted by atomic mass is 9.82. The summed E-state index contributed by atoms with van der Waals surface area (Å²) in [5.41, 5.74) is 18.8. The molecule has 0 saturated heterocycles. The van der Waals surface area contributed by atoms with Gasteiger partial charge in [-0.05, 0) is 105 Å². The van der Waals surface area contributed by atoms with Gasteiger partial charge in [-0.2, -0.15) is 0 Å². The molecule has 4 heteroatoms. The van der Waals surface area contributed by atoms with Crippen molar-refractivity contribution >= 4 is 43.6 Å². The fourth-order valence-corrected chi connectivity index (χ4v) is 10.9. The van der Waals surface area contributed by atoms with Crippen LogP contribution in [-0.4, -0.2) is 19.1 Å². The van der Waals surface area contributed by atoms with Gasteiger partial charge < -0.3 is 4.57 Å². The highest BCUT2D eigenvalue weighted by Crippen LogP contribution is 2.52. The van der Waals surface area contributed by atoms with Gasteiger partial charge in [0.25, 0.3) is 0 Å². The Balaban J connectivity index is 1.07. The third kappa shape index (κ3) is 4.74. The minimum atomic E-state index is -0.157. The normalized spacial score (nSPS) is 14.3. The van der Waals surface area contributed by atoms with Gasteiger partial charge in [-0.15, -0.1) is 0 Å². The van der Waals surface area contributed by atoms with E-state index in [0.717, 1.165) is 55.6 Å². The van der Waals surface area contributed by atoms with Crippen LogP contribution in [0.15, 0.2) is 170 Å². The Morgan fingerprint density at radius 3 is 1.73 bits per heavy atom. The number of fused-ring (bicyclic) bond motifs is 12. The zero-order valence-corrected chi connectivity index (χ0v) is 35.0. The summed E-state index contributed by atoms with van der Waals surface area (Å²) in [5, 5.41) is 4.58. The first-order valence-electron chi connectivity index (χ1n) is 21.5. The predicted octanol–water partition coefficient (Wildman–Crippen LogP) is 14.2. The van der Waals surface area contributed by atoms with Crippen molar-refractivity contribution in [2.24, 2.45) is 0 Å². The third-order valence-electron chi connectivity index (χ3n) is 14.0. The van der Waals surface area contributed by atoms with E-state index in [1.165, 1.54) is 60.8 Å². The molecule has 0 saturated carbocycles. The number of rotatable bonds is 4. The molecule has 292 valence electrons. The summed E-state index contributed by atoms with van der Waals surface area (Å²) < 4.78 is 4.74. The van der Waals surface area contributed by atoms with Crippen molar-refractivity contribution in [1.29, 1.82) is 0 Å². The quantitative estimate of drug-likeness (QED) is 0.178. The van der Waals surface area contributed by atoms with E-state index in [0.29, 0.717) is 5.82 Å². The second-order valence-corrected chi connectivity index (χ2v) is 18.1. The molecule has 2 aliphatic rings. The van der Waals surface area contributed by atoms with Crippen molar-refractivity contribution < 1.29 is 0 Å². The van der Waals surface area contributed by atoms with Gasteiger partial charge in [-0.1, -0.05) is 143 Å². The summed E-state index contributed by atoms with van der Waals surface area (Å²) in [5.74, 6) is 1.49. The summed E-state index contributed by atoms with van der Waals surface area (Å²) >= 11 is 0. The van der Waals surface area contributed by atoms with Crippen LogP contribution in [0.3, 0.4) is 0 Å². The average Bonchev–Trinajstić information content (AvgIpc) is 3.96. The van der Waals surface area contributed by atoms with Crippen LogP contribution in [0.25, 0.3) is 100 Å². The van der Waals surface area contributed by atoms with Crippen molar-refractivity contribution in [2.75, 3.05) is 0 Å². The minimum Gasteiger partial charge on any atom is -0.309 e. The molecule has 0 N–H and O–H groups in total. The van der Waals surface area contributed by atoms with Gasteiger partial charge in [0, 0.05) is 49.9 Å². The SMILES string of the molecule is CC1(C)c2ccccc2-c2cc3c4c#cccc4n(-c4cc(-c5ccc6c(c5)c5cc7c(cc5n6-c5ccccc5)C(C)(C)c5ccccc5-7)nc(-c5ccccc5)n4)c3cc21. The first-order chi connectivity index (χ1) is 30.3. The molecule has 3 heterocycles. The number of benzene rings is 7. The molecule has 3 aromatic heterocycles. The fraction of sp³-hybridized carbons (Fsp3) is 0.103. The van der Waals surface area contributed by atoms with Crippen LogP contribution in [0.5, 0.6) is 0 Å². The number of nitrogens with zero attached hydrogens (tertiary/aromatic N) is 4. The molecule has 0 atom stereocenters. The maximum Gasteiger partial charge on any atom is 0.162 e. The molecule has 13 rings (SSSR count). The van der Waals surface area contributed by atoms with Gasteiger partial charge in [-0.3, -0.25) is 4.57 Å². The van der Waals surface area contributed by atoms with Gasteiger partial charge in [0.05, 0.1) is 33.1 Å². The fourth-order valence-electron chi connectivity index (χ4n) is 10.9. The molecule has 0 amide bonds. The Morgan fingerprint density at radius 1 is 0.435 bits per heavy atom. The standard InChI is InChI=1S/C58H40N4/c1-57(2)47-25-15-12-22-39(47)42-31-45-43-29-36(27-28-52(43)61(53(45)32-48(42)57)37-19-9-6-10-20-37)50-34-55(60-56(59-50)35-17-7-5-8-18-35)62-51-26-16-13-23-40(51)44-30-41-38-21-11-14-24-46(38)58(3,4)49(41)33-54(44)62/h5-12,14-22,24-34H,1-4H3. The average molecular weight is 793 g/mol. The van der Waals surface area contributed by atoms with Crippen molar-refractivity contribution in [3.63, 3.8) is 0 Å². The number of hydrogen-bond acceptors (Lipinski definition) is 2. The van der Waals surface area contributed by atoms with Gasteiger partial charge in [0.15, 0.2) is 5.82 Å². The second kappa shape index (κ2) is 12.4. The number of para-hydroxylation sites is 1. The van der Waals surface area contributed by atoms with Crippen molar-refractivity contribution in [3.8, 4) is 56.4 Å². The number of aromatic nitrogens is 4. The lowest BCUT2D eigenvalue weighted by Crippen LogP contribution is -2.15. The summed E-state index contributed by atoms with van der Waals surface area (Å²) in [7, 11) is 0. The topological polar surface area (TPSA) is 35.6 Å². The molecule has 8 aromatic carbocycles. The lowest BCUT2D eigenvalue weighted by Gasteiger charge is -2.21. The smallest absolute Gasteiger partial charge is 0.162 e. The Morgan fingerprint density at radius 2 is 1.03 bits per heavy atom. The Hall–Kier alpha value is -7.74. The van der Waals surface area contributed by atoms with E-state index < -0.39 is 0 Å². The van der Waals surface area contributed by atoms with Gasteiger partial charge >= 0.3 is 0 Å². The van der Waals surface area contributed by atoms with E-state index in [4.69, 9.17) is 9.97 Å². The molecular formula is C58H40N4. The molecule has 4 nitrogen and oxygen atoms in total. The molecule has 2 aliphatic carbocycles. The van der Waals surface area contributed by atoms with Crippen molar-refractivity contribution in [3.05, 3.63) is 204 Å². The molecule has 0 bridgehead atoms. The molecule has 0 radical (unpaired) electrons. The van der Waals surface area contributed by atoms with Crippen LogP contribution in [0, 0.1) is 12.1 Å². The van der Waals surface area contributed by atoms with Crippen LogP contribution in [0.4, 0.5) is 0 Å². The summed E-state index contributed by atoms with van der Waals surface area (Å²) in [6.45, 7) is 9.39. The second-order valence-electron chi connectivity index (χ2n) is 18.1. The highest BCUT2D eigenvalue weighted by molar-refractivity contribution is 6.13. The highest BCUT2D eigenvalue weighted by Gasteiger charge is 2.37. The van der Waals surface area contributed by atoms with Gasteiger partial charge in [-0.25, -0.2) is 9.97 Å². The molecule has 0 fully saturated rings. The van der Waals surface area contributed by atoms with E-state index in [9.17, 15) is 0 Å². The Labute approximate surface area is 360 Å². The third-order valence-corrected chi connectivity index (χ3v) is 14.0. The van der Waals surface area contributed by atoms with Crippen molar-refractivity contribution in [1.82, 2.24) is 19.1 Å². The zero-order chi connectivity index (χ0) is 41.5.